The highest BCUT2D eigenvalue weighted by Crippen LogP contribution is 2.11. The summed E-state index contributed by atoms with van der Waals surface area (Å²) in [6, 6.07) is 8.67. The van der Waals surface area contributed by atoms with Crippen LogP contribution in [0.4, 0.5) is 5.69 Å². The Morgan fingerprint density at radius 2 is 1.94 bits per heavy atom. The number of unbranched alkanes of at least 4 members (excludes halogenated alkanes) is 1. The number of benzene rings is 1. The van der Waals surface area contributed by atoms with Crippen LogP contribution in [0.15, 0.2) is 36.4 Å². The fraction of sp³-hybridized carbons (Fsp3) is 0.429. The van der Waals surface area contributed by atoms with Crippen LogP contribution in [0, 0.1) is 0 Å². The maximum Gasteiger partial charge on any atom is 0.0404 e. The molecule has 2 heteroatoms. The number of nitrogens with one attached hydrogen (secondary N) is 1. The lowest BCUT2D eigenvalue weighted by molar-refractivity contribution is 0.795. The van der Waals surface area contributed by atoms with Crippen molar-refractivity contribution in [2.45, 2.75) is 26.2 Å². The van der Waals surface area contributed by atoms with E-state index in [9.17, 15) is 0 Å². The second kappa shape index (κ2) is 8.23. The van der Waals surface area contributed by atoms with Crippen LogP contribution < -0.4 is 5.32 Å². The molecule has 1 aromatic carbocycles. The molecule has 0 heterocycles. The lowest BCUT2D eigenvalue weighted by Crippen LogP contribution is -1.98. The molecule has 0 spiro atoms. The monoisotopic (exact) mass is 237 g/mol. The molecule has 1 N–H and O–H groups in total. The molecule has 0 aliphatic rings. The predicted molar refractivity (Wildman–Crippen MR) is 73.4 cm³/mol. The third-order valence-corrected chi connectivity index (χ3v) is 2.63. The molecule has 0 saturated carbocycles. The molecule has 0 aliphatic heterocycles. The summed E-state index contributed by atoms with van der Waals surface area (Å²) in [5.74, 6) is 0.581. The number of hydrogen-bond donors (Lipinski definition) is 1. The summed E-state index contributed by atoms with van der Waals surface area (Å²) in [5, 5.41) is 3.32. The van der Waals surface area contributed by atoms with Crippen molar-refractivity contribution in [2.75, 3.05) is 17.7 Å². The average Bonchev–Trinajstić information content (AvgIpc) is 2.33. The van der Waals surface area contributed by atoms with E-state index in [1.807, 2.05) is 12.2 Å². The summed E-state index contributed by atoms with van der Waals surface area (Å²) in [5.41, 5.74) is 2.59. The highest BCUT2D eigenvalue weighted by Gasteiger charge is 1.93. The van der Waals surface area contributed by atoms with Gasteiger partial charge in [-0.1, -0.05) is 37.6 Å². The fourth-order valence-corrected chi connectivity index (χ4v) is 1.62. The van der Waals surface area contributed by atoms with Crippen LogP contribution in [0.5, 0.6) is 0 Å². The van der Waals surface area contributed by atoms with Crippen LogP contribution in [0.3, 0.4) is 0 Å². The maximum absolute atomic E-state index is 5.54. The normalized spacial score (nSPS) is 10.9. The quantitative estimate of drug-likeness (QED) is 0.553. The first-order chi connectivity index (χ1) is 7.86. The van der Waals surface area contributed by atoms with Crippen molar-refractivity contribution in [3.63, 3.8) is 0 Å². The molecule has 1 aromatic rings. The van der Waals surface area contributed by atoms with Crippen molar-refractivity contribution in [1.29, 1.82) is 0 Å². The van der Waals surface area contributed by atoms with Crippen molar-refractivity contribution in [2.24, 2.45) is 0 Å². The zero-order chi connectivity index (χ0) is 11.6. The van der Waals surface area contributed by atoms with Gasteiger partial charge in [-0.15, -0.1) is 11.6 Å². The number of alkyl halides is 1. The fourth-order valence-electron chi connectivity index (χ4n) is 1.49. The van der Waals surface area contributed by atoms with E-state index < -0.39 is 0 Å². The first-order valence-electron chi connectivity index (χ1n) is 5.90. The third kappa shape index (κ3) is 5.22. The Bertz CT molecular complexity index is 303. The number of anilines is 1. The topological polar surface area (TPSA) is 12.0 Å². The molecule has 0 aromatic heterocycles. The van der Waals surface area contributed by atoms with E-state index in [4.69, 9.17) is 11.6 Å². The van der Waals surface area contributed by atoms with E-state index in [1.165, 1.54) is 30.5 Å². The SMILES string of the molecule is CCCCc1ccc(NC/C=C/CCl)cc1. The zero-order valence-corrected chi connectivity index (χ0v) is 10.6. The van der Waals surface area contributed by atoms with E-state index >= 15 is 0 Å². The summed E-state index contributed by atoms with van der Waals surface area (Å²) in [6.45, 7) is 3.06. The Labute approximate surface area is 104 Å². The standard InChI is InChI=1S/C14H20ClN/c1-2-3-6-13-7-9-14(10-8-13)16-12-5-4-11-15/h4-5,7-10,16H,2-3,6,11-12H2,1H3/b5-4+. The van der Waals surface area contributed by atoms with E-state index in [0.717, 1.165) is 6.54 Å². The van der Waals surface area contributed by atoms with E-state index in [2.05, 4.69) is 36.5 Å². The summed E-state index contributed by atoms with van der Waals surface area (Å²) in [4.78, 5) is 0. The zero-order valence-electron chi connectivity index (χ0n) is 9.88. The molecule has 1 nitrogen and oxygen atoms in total. The molecule has 0 fully saturated rings. The van der Waals surface area contributed by atoms with Gasteiger partial charge in [-0.25, -0.2) is 0 Å². The highest BCUT2D eigenvalue weighted by molar-refractivity contribution is 6.18. The van der Waals surface area contributed by atoms with Gasteiger partial charge in [0, 0.05) is 18.1 Å². The van der Waals surface area contributed by atoms with Gasteiger partial charge in [-0.2, -0.15) is 0 Å². The molecule has 0 bridgehead atoms. The van der Waals surface area contributed by atoms with Crippen LogP contribution >= 0.6 is 11.6 Å². The van der Waals surface area contributed by atoms with Crippen LogP contribution in [0.25, 0.3) is 0 Å². The van der Waals surface area contributed by atoms with E-state index in [0.29, 0.717) is 5.88 Å². The Morgan fingerprint density at radius 3 is 2.56 bits per heavy atom. The van der Waals surface area contributed by atoms with Crippen molar-refractivity contribution in [1.82, 2.24) is 0 Å². The Hall–Kier alpha value is -0.950. The van der Waals surface area contributed by atoms with Crippen LogP contribution in [-0.2, 0) is 6.42 Å². The first kappa shape index (κ1) is 13.1. The second-order valence-corrected chi connectivity index (χ2v) is 4.12. The van der Waals surface area contributed by atoms with Gasteiger partial charge in [0.25, 0.3) is 0 Å². The molecule has 0 atom stereocenters. The second-order valence-electron chi connectivity index (χ2n) is 3.81. The molecule has 0 saturated heterocycles. The van der Waals surface area contributed by atoms with Crippen LogP contribution in [0.1, 0.15) is 25.3 Å². The van der Waals surface area contributed by atoms with Crippen molar-refractivity contribution >= 4 is 17.3 Å². The van der Waals surface area contributed by atoms with Gasteiger partial charge in [0.15, 0.2) is 0 Å². The number of hydrogen-bond acceptors (Lipinski definition) is 1. The molecule has 0 aliphatic carbocycles. The number of halogens is 1. The summed E-state index contributed by atoms with van der Waals surface area (Å²) in [6.07, 6.45) is 7.69. The van der Waals surface area contributed by atoms with Gasteiger partial charge in [0.2, 0.25) is 0 Å². The summed E-state index contributed by atoms with van der Waals surface area (Å²) < 4.78 is 0. The van der Waals surface area contributed by atoms with Gasteiger partial charge in [-0.3, -0.25) is 0 Å². The summed E-state index contributed by atoms with van der Waals surface area (Å²) >= 11 is 5.54. The van der Waals surface area contributed by atoms with Gasteiger partial charge in [-0.05, 0) is 30.5 Å². The Morgan fingerprint density at radius 1 is 1.19 bits per heavy atom. The number of aryl methyl sites for hydroxylation is 1. The van der Waals surface area contributed by atoms with Gasteiger partial charge >= 0.3 is 0 Å². The van der Waals surface area contributed by atoms with Crippen molar-refractivity contribution in [3.8, 4) is 0 Å². The largest absolute Gasteiger partial charge is 0.382 e. The smallest absolute Gasteiger partial charge is 0.0404 e. The molecular weight excluding hydrogens is 218 g/mol. The van der Waals surface area contributed by atoms with Gasteiger partial charge in [0.05, 0.1) is 0 Å². The molecule has 0 radical (unpaired) electrons. The minimum absolute atomic E-state index is 0.581. The van der Waals surface area contributed by atoms with E-state index in [1.54, 1.807) is 0 Å². The lowest BCUT2D eigenvalue weighted by atomic mass is 10.1. The maximum atomic E-state index is 5.54. The lowest BCUT2D eigenvalue weighted by Gasteiger charge is -2.05. The molecular formula is C14H20ClN. The number of rotatable bonds is 7. The number of allylic oxidation sites excluding steroid dienone is 1. The van der Waals surface area contributed by atoms with Gasteiger partial charge in [0.1, 0.15) is 0 Å². The van der Waals surface area contributed by atoms with Crippen molar-refractivity contribution < 1.29 is 0 Å². The molecule has 1 rings (SSSR count). The Kier molecular flexibility index (Phi) is 6.75. The first-order valence-corrected chi connectivity index (χ1v) is 6.44. The van der Waals surface area contributed by atoms with Crippen molar-refractivity contribution in [3.05, 3.63) is 42.0 Å². The predicted octanol–water partition coefficient (Wildman–Crippen LogP) is 4.24. The van der Waals surface area contributed by atoms with E-state index in [-0.39, 0.29) is 0 Å². The minimum atomic E-state index is 0.581. The Balaban J connectivity index is 2.36. The summed E-state index contributed by atoms with van der Waals surface area (Å²) in [7, 11) is 0. The average molecular weight is 238 g/mol. The highest BCUT2D eigenvalue weighted by atomic mass is 35.5. The van der Waals surface area contributed by atoms with Crippen LogP contribution in [-0.4, -0.2) is 12.4 Å². The minimum Gasteiger partial charge on any atom is -0.382 e. The van der Waals surface area contributed by atoms with Crippen LogP contribution in [0.2, 0.25) is 0 Å². The molecule has 0 unspecified atom stereocenters. The third-order valence-electron chi connectivity index (χ3n) is 2.45. The molecule has 16 heavy (non-hydrogen) atoms. The molecule has 0 amide bonds. The molecule has 88 valence electrons. The van der Waals surface area contributed by atoms with Gasteiger partial charge < -0.3 is 5.32 Å².